The second-order valence-electron chi connectivity index (χ2n) is 5.86. The number of nitrogens with one attached hydrogen (secondary N) is 1. The van der Waals surface area contributed by atoms with Gasteiger partial charge < -0.3 is 15.1 Å². The first kappa shape index (κ1) is 18.1. The Morgan fingerprint density at radius 1 is 1.28 bits per heavy atom. The normalized spacial score (nSPS) is 15.7. The Balaban J connectivity index is 1.59. The maximum Gasteiger partial charge on any atom is 0.205 e. The van der Waals surface area contributed by atoms with Crippen LogP contribution < -0.4 is 10.2 Å². The molecule has 7 nitrogen and oxygen atoms in total. The van der Waals surface area contributed by atoms with Gasteiger partial charge in [-0.2, -0.15) is 4.37 Å². The van der Waals surface area contributed by atoms with Gasteiger partial charge in [0.1, 0.15) is 10.8 Å². The minimum Gasteiger partial charge on any atom is -0.357 e. The summed E-state index contributed by atoms with van der Waals surface area (Å²) in [6.07, 6.45) is 2.80. The first-order valence-corrected chi connectivity index (χ1v) is 10.3. The van der Waals surface area contributed by atoms with Gasteiger partial charge in [-0.15, -0.1) is 11.3 Å². The second kappa shape index (κ2) is 8.57. The van der Waals surface area contributed by atoms with Crippen LogP contribution in [0.25, 0.3) is 0 Å². The van der Waals surface area contributed by atoms with E-state index in [1.165, 1.54) is 16.4 Å². The molecule has 0 unspecified atom stereocenters. The summed E-state index contributed by atoms with van der Waals surface area (Å²) < 4.78 is 4.39. The van der Waals surface area contributed by atoms with Crippen LogP contribution in [0.5, 0.6) is 0 Å². The summed E-state index contributed by atoms with van der Waals surface area (Å²) in [5, 5.41) is 5.51. The monoisotopic (exact) mass is 379 g/mol. The molecule has 0 aliphatic carbocycles. The van der Waals surface area contributed by atoms with Gasteiger partial charge in [-0.1, -0.05) is 6.92 Å². The van der Waals surface area contributed by atoms with Gasteiger partial charge in [0, 0.05) is 61.8 Å². The highest BCUT2D eigenvalue weighted by Gasteiger charge is 2.22. The molecule has 1 saturated heterocycles. The smallest absolute Gasteiger partial charge is 0.205 e. The van der Waals surface area contributed by atoms with E-state index in [4.69, 9.17) is 4.99 Å². The van der Waals surface area contributed by atoms with E-state index < -0.39 is 0 Å². The Labute approximate surface area is 157 Å². The predicted molar refractivity (Wildman–Crippen MR) is 105 cm³/mol. The number of hydrogen-bond donors (Lipinski definition) is 1. The molecule has 0 amide bonds. The molecule has 3 rings (SSSR count). The predicted octanol–water partition coefficient (Wildman–Crippen LogP) is 2.15. The molecule has 0 bridgehead atoms. The van der Waals surface area contributed by atoms with E-state index in [1.54, 1.807) is 11.3 Å². The van der Waals surface area contributed by atoms with Gasteiger partial charge >= 0.3 is 0 Å². The van der Waals surface area contributed by atoms with Crippen molar-refractivity contribution >= 4 is 34.0 Å². The molecule has 0 aromatic carbocycles. The lowest BCUT2D eigenvalue weighted by Crippen LogP contribution is -2.52. The molecular weight excluding hydrogens is 354 g/mol. The van der Waals surface area contributed by atoms with Crippen LogP contribution in [-0.4, -0.2) is 57.9 Å². The van der Waals surface area contributed by atoms with Gasteiger partial charge in [0.05, 0.1) is 6.54 Å². The van der Waals surface area contributed by atoms with Crippen molar-refractivity contribution in [2.24, 2.45) is 4.99 Å². The average molecular weight is 380 g/mol. The lowest BCUT2D eigenvalue weighted by atomic mass is 10.3. The van der Waals surface area contributed by atoms with E-state index in [0.717, 1.165) is 61.1 Å². The molecule has 1 fully saturated rings. The molecule has 136 valence electrons. The van der Waals surface area contributed by atoms with Crippen molar-refractivity contribution in [1.82, 2.24) is 24.6 Å². The number of nitrogens with zero attached hydrogens (tertiary/aromatic N) is 6. The van der Waals surface area contributed by atoms with Crippen molar-refractivity contribution in [3.05, 3.63) is 21.9 Å². The SMILES string of the molecule is CCNC(=NCc1ncc(C)s1)N1CCN(c2nc(CC)ns2)CC1. The Morgan fingerprint density at radius 2 is 2.08 bits per heavy atom. The van der Waals surface area contributed by atoms with E-state index in [-0.39, 0.29) is 0 Å². The number of hydrogen-bond acceptors (Lipinski definition) is 7. The first-order valence-electron chi connectivity index (χ1n) is 8.71. The number of thiazole rings is 1. The summed E-state index contributed by atoms with van der Waals surface area (Å²) in [6, 6.07) is 0. The van der Waals surface area contributed by atoms with Crippen LogP contribution in [0, 0.1) is 6.92 Å². The minimum absolute atomic E-state index is 0.636. The highest BCUT2D eigenvalue weighted by atomic mass is 32.1. The average Bonchev–Trinajstić information content (AvgIpc) is 3.27. The lowest BCUT2D eigenvalue weighted by Gasteiger charge is -2.36. The van der Waals surface area contributed by atoms with E-state index in [1.807, 2.05) is 6.20 Å². The van der Waals surface area contributed by atoms with E-state index >= 15 is 0 Å². The van der Waals surface area contributed by atoms with Gasteiger partial charge in [-0.25, -0.2) is 15.0 Å². The van der Waals surface area contributed by atoms with Crippen molar-refractivity contribution in [3.8, 4) is 0 Å². The van der Waals surface area contributed by atoms with Crippen molar-refractivity contribution in [2.75, 3.05) is 37.6 Å². The Bertz CT molecular complexity index is 701. The quantitative estimate of drug-likeness (QED) is 0.634. The topological polar surface area (TPSA) is 69.5 Å². The lowest BCUT2D eigenvalue weighted by molar-refractivity contribution is 0.372. The molecule has 0 spiro atoms. The summed E-state index contributed by atoms with van der Waals surface area (Å²) in [5.41, 5.74) is 0. The Hall–Kier alpha value is -1.74. The maximum absolute atomic E-state index is 4.77. The number of aliphatic imine (C=N–C) groups is 1. The summed E-state index contributed by atoms with van der Waals surface area (Å²) in [6.45, 7) is 11.5. The fourth-order valence-electron chi connectivity index (χ4n) is 2.67. The maximum atomic E-state index is 4.77. The fourth-order valence-corrected chi connectivity index (χ4v) is 4.18. The third-order valence-electron chi connectivity index (χ3n) is 3.99. The number of anilines is 1. The standard InChI is InChI=1S/C16H25N7S2/c1-4-13-20-16(25-21-13)23-8-6-22(7-9-23)15(17-5-2)19-11-14-18-10-12(3)24-14/h10H,4-9,11H2,1-3H3,(H,17,19). The zero-order chi connectivity index (χ0) is 17.6. The van der Waals surface area contributed by atoms with Crippen LogP contribution >= 0.6 is 22.9 Å². The summed E-state index contributed by atoms with van der Waals surface area (Å²) >= 11 is 3.21. The molecule has 2 aromatic rings. The van der Waals surface area contributed by atoms with Crippen LogP contribution in [0.2, 0.25) is 0 Å². The van der Waals surface area contributed by atoms with Crippen LogP contribution in [0.15, 0.2) is 11.2 Å². The highest BCUT2D eigenvalue weighted by molar-refractivity contribution is 7.11. The van der Waals surface area contributed by atoms with Gasteiger partial charge in [0.2, 0.25) is 5.13 Å². The molecule has 2 aromatic heterocycles. The van der Waals surface area contributed by atoms with Crippen molar-refractivity contribution in [3.63, 3.8) is 0 Å². The zero-order valence-electron chi connectivity index (χ0n) is 15.0. The highest BCUT2D eigenvalue weighted by Crippen LogP contribution is 2.19. The molecule has 3 heterocycles. The molecular formula is C16H25N7S2. The molecule has 0 atom stereocenters. The van der Waals surface area contributed by atoms with E-state index in [2.05, 4.69) is 50.2 Å². The third kappa shape index (κ3) is 4.66. The number of aryl methyl sites for hydroxylation is 2. The minimum atomic E-state index is 0.636. The van der Waals surface area contributed by atoms with Crippen LogP contribution in [0.3, 0.4) is 0 Å². The third-order valence-corrected chi connectivity index (χ3v) is 5.70. The molecule has 1 N–H and O–H groups in total. The van der Waals surface area contributed by atoms with Crippen molar-refractivity contribution in [1.29, 1.82) is 0 Å². The largest absolute Gasteiger partial charge is 0.357 e. The summed E-state index contributed by atoms with van der Waals surface area (Å²) in [4.78, 5) is 19.6. The van der Waals surface area contributed by atoms with Crippen molar-refractivity contribution in [2.45, 2.75) is 33.7 Å². The van der Waals surface area contributed by atoms with Gasteiger partial charge in [0.25, 0.3) is 0 Å². The van der Waals surface area contributed by atoms with Gasteiger partial charge in [-0.05, 0) is 13.8 Å². The second-order valence-corrected chi connectivity index (χ2v) is 7.91. The summed E-state index contributed by atoms with van der Waals surface area (Å²) in [7, 11) is 0. The van der Waals surface area contributed by atoms with E-state index in [0.29, 0.717) is 6.54 Å². The molecule has 0 radical (unpaired) electrons. The molecule has 1 aliphatic rings. The van der Waals surface area contributed by atoms with Crippen LogP contribution in [0.1, 0.15) is 29.6 Å². The number of piperazine rings is 1. The fraction of sp³-hybridized carbons (Fsp3) is 0.625. The first-order chi connectivity index (χ1) is 12.2. The zero-order valence-corrected chi connectivity index (χ0v) is 16.7. The van der Waals surface area contributed by atoms with Crippen LogP contribution in [0.4, 0.5) is 5.13 Å². The summed E-state index contributed by atoms with van der Waals surface area (Å²) in [5.74, 6) is 1.91. The number of aromatic nitrogens is 3. The van der Waals surface area contributed by atoms with Gasteiger partial charge in [-0.3, -0.25) is 0 Å². The molecule has 25 heavy (non-hydrogen) atoms. The molecule has 0 saturated carbocycles. The Morgan fingerprint density at radius 3 is 2.68 bits per heavy atom. The number of guanidine groups is 1. The Kier molecular flexibility index (Phi) is 6.19. The number of rotatable bonds is 5. The van der Waals surface area contributed by atoms with Crippen molar-refractivity contribution < 1.29 is 0 Å². The molecule has 1 aliphatic heterocycles. The van der Waals surface area contributed by atoms with Gasteiger partial charge in [0.15, 0.2) is 5.96 Å². The van der Waals surface area contributed by atoms with E-state index in [9.17, 15) is 0 Å². The van der Waals surface area contributed by atoms with Crippen LogP contribution in [-0.2, 0) is 13.0 Å². The molecule has 9 heteroatoms.